The summed E-state index contributed by atoms with van der Waals surface area (Å²) in [5, 5.41) is 3.34. The van der Waals surface area contributed by atoms with Gasteiger partial charge in [-0.05, 0) is 54.3 Å². The Kier molecular flexibility index (Phi) is 4.10. The first-order valence-electron chi connectivity index (χ1n) is 6.72. The van der Waals surface area contributed by atoms with Crippen molar-refractivity contribution in [3.05, 3.63) is 59.4 Å². The van der Waals surface area contributed by atoms with Crippen LogP contribution < -0.4 is 5.32 Å². The Morgan fingerprint density at radius 1 is 1.10 bits per heavy atom. The van der Waals surface area contributed by atoms with Crippen molar-refractivity contribution in [1.29, 1.82) is 0 Å². The van der Waals surface area contributed by atoms with Crippen LogP contribution in [0, 0.1) is 5.82 Å². The van der Waals surface area contributed by atoms with Crippen LogP contribution in [0.4, 0.5) is 18.9 Å². The lowest BCUT2D eigenvalue weighted by atomic mass is 10.1. The van der Waals surface area contributed by atoms with Crippen LogP contribution in [0.15, 0.2) is 47.4 Å². The first-order chi connectivity index (χ1) is 10.1. The van der Waals surface area contributed by atoms with Gasteiger partial charge in [0.1, 0.15) is 5.82 Å². The molecule has 0 bridgehead atoms. The largest absolute Gasteiger partial charge is 0.378 e. The summed E-state index contributed by atoms with van der Waals surface area (Å²) in [5.74, 6) is -2.56. The third-order valence-corrected chi connectivity index (χ3v) is 4.36. The lowest BCUT2D eigenvalue weighted by molar-refractivity contribution is 0.252. The fourth-order valence-corrected chi connectivity index (χ4v) is 3.19. The molecule has 0 heterocycles. The van der Waals surface area contributed by atoms with Crippen LogP contribution in [0.5, 0.6) is 0 Å². The normalized spacial score (nSPS) is 17.0. The van der Waals surface area contributed by atoms with E-state index >= 15 is 0 Å². The van der Waals surface area contributed by atoms with E-state index in [0.717, 1.165) is 29.7 Å². The van der Waals surface area contributed by atoms with Gasteiger partial charge in [-0.1, -0.05) is 23.9 Å². The van der Waals surface area contributed by atoms with Gasteiger partial charge in [0, 0.05) is 10.6 Å². The molecule has 0 aromatic heterocycles. The van der Waals surface area contributed by atoms with E-state index in [2.05, 4.69) is 5.32 Å². The van der Waals surface area contributed by atoms with Crippen molar-refractivity contribution in [3.63, 3.8) is 0 Å². The molecule has 1 aliphatic carbocycles. The Morgan fingerprint density at radius 3 is 2.57 bits per heavy atom. The quantitative estimate of drug-likeness (QED) is 0.775. The van der Waals surface area contributed by atoms with Crippen LogP contribution in [0.3, 0.4) is 0 Å². The van der Waals surface area contributed by atoms with E-state index in [1.807, 2.05) is 6.07 Å². The van der Waals surface area contributed by atoms with Gasteiger partial charge in [-0.15, -0.1) is 0 Å². The van der Waals surface area contributed by atoms with E-state index in [1.54, 1.807) is 30.3 Å². The number of rotatable bonds is 4. The van der Waals surface area contributed by atoms with Crippen LogP contribution in [0.25, 0.3) is 0 Å². The minimum atomic E-state index is -2.41. The second-order valence-electron chi connectivity index (χ2n) is 4.95. The predicted molar refractivity (Wildman–Crippen MR) is 79.4 cm³/mol. The number of halogens is 3. The Hall–Kier alpha value is -1.62. The Bertz CT molecular complexity index is 628. The van der Waals surface area contributed by atoms with Crippen molar-refractivity contribution >= 4 is 17.4 Å². The van der Waals surface area contributed by atoms with Crippen molar-refractivity contribution in [3.8, 4) is 0 Å². The molecular formula is C16H14F3NS. The van der Waals surface area contributed by atoms with Crippen LogP contribution in [-0.2, 0) is 6.42 Å². The molecule has 110 valence electrons. The van der Waals surface area contributed by atoms with Gasteiger partial charge in [0.05, 0.1) is 6.04 Å². The number of fused-ring (bicyclic) bond motifs is 1. The number of hydrogen-bond acceptors (Lipinski definition) is 2. The molecule has 0 saturated carbocycles. The maximum atomic E-state index is 13.7. The van der Waals surface area contributed by atoms with Gasteiger partial charge >= 0.3 is 0 Å². The van der Waals surface area contributed by atoms with E-state index in [-0.39, 0.29) is 11.9 Å². The average Bonchev–Trinajstić information content (AvgIpc) is 2.85. The van der Waals surface area contributed by atoms with Crippen molar-refractivity contribution in [2.75, 3.05) is 5.32 Å². The maximum absolute atomic E-state index is 13.7. The minimum absolute atomic E-state index is 0.0734. The zero-order valence-electron chi connectivity index (χ0n) is 11.2. The maximum Gasteiger partial charge on any atom is 0.288 e. The second-order valence-corrected chi connectivity index (χ2v) is 6.01. The molecule has 1 unspecified atom stereocenters. The third kappa shape index (κ3) is 3.18. The summed E-state index contributed by atoms with van der Waals surface area (Å²) in [5.41, 5.74) is 2.62. The van der Waals surface area contributed by atoms with E-state index in [0.29, 0.717) is 16.7 Å². The minimum Gasteiger partial charge on any atom is -0.378 e. The SMILES string of the molecule is Fc1cccc2c1CCC2Nc1ccc(SC(F)F)cc1. The number of alkyl halides is 2. The van der Waals surface area contributed by atoms with Gasteiger partial charge in [0.15, 0.2) is 0 Å². The molecule has 5 heteroatoms. The predicted octanol–water partition coefficient (Wildman–Crippen LogP) is 5.24. The number of anilines is 1. The monoisotopic (exact) mass is 309 g/mol. The van der Waals surface area contributed by atoms with Crippen LogP contribution in [0.2, 0.25) is 0 Å². The standard InChI is InChI=1S/C16H14F3NS/c17-14-3-1-2-13-12(14)8-9-15(13)20-10-4-6-11(7-5-10)21-16(18)19/h1-7,15-16,20H,8-9H2. The molecule has 1 atom stereocenters. The highest BCUT2D eigenvalue weighted by Crippen LogP contribution is 2.35. The second kappa shape index (κ2) is 6.02. The lowest BCUT2D eigenvalue weighted by Crippen LogP contribution is -2.07. The summed E-state index contributed by atoms with van der Waals surface area (Å²) in [7, 11) is 0. The summed E-state index contributed by atoms with van der Waals surface area (Å²) in [6.45, 7) is 0. The zero-order valence-corrected chi connectivity index (χ0v) is 12.0. The van der Waals surface area contributed by atoms with Gasteiger partial charge in [0.25, 0.3) is 5.76 Å². The number of nitrogens with one attached hydrogen (secondary N) is 1. The molecule has 3 rings (SSSR count). The Morgan fingerprint density at radius 2 is 1.86 bits per heavy atom. The summed E-state index contributed by atoms with van der Waals surface area (Å²) in [4.78, 5) is 0.536. The summed E-state index contributed by atoms with van der Waals surface area (Å²) >= 11 is 0.530. The molecule has 2 aromatic rings. The zero-order chi connectivity index (χ0) is 14.8. The number of thioether (sulfide) groups is 1. The van der Waals surface area contributed by atoms with Gasteiger partial charge in [0.2, 0.25) is 0 Å². The average molecular weight is 309 g/mol. The molecule has 0 saturated heterocycles. The van der Waals surface area contributed by atoms with Gasteiger partial charge in [-0.2, -0.15) is 8.78 Å². The number of benzene rings is 2. The molecule has 1 aliphatic rings. The Balaban J connectivity index is 1.73. The first-order valence-corrected chi connectivity index (χ1v) is 7.60. The first kappa shape index (κ1) is 14.3. The fourth-order valence-electron chi connectivity index (χ4n) is 2.69. The van der Waals surface area contributed by atoms with E-state index in [9.17, 15) is 13.2 Å². The van der Waals surface area contributed by atoms with Crippen LogP contribution in [0.1, 0.15) is 23.6 Å². The van der Waals surface area contributed by atoms with Crippen LogP contribution in [-0.4, -0.2) is 5.76 Å². The van der Waals surface area contributed by atoms with Gasteiger partial charge in [-0.3, -0.25) is 0 Å². The smallest absolute Gasteiger partial charge is 0.288 e. The number of hydrogen-bond donors (Lipinski definition) is 1. The van der Waals surface area contributed by atoms with Crippen molar-refractivity contribution in [2.24, 2.45) is 0 Å². The van der Waals surface area contributed by atoms with Crippen molar-refractivity contribution in [2.45, 2.75) is 29.5 Å². The van der Waals surface area contributed by atoms with Crippen molar-refractivity contribution < 1.29 is 13.2 Å². The van der Waals surface area contributed by atoms with Crippen LogP contribution >= 0.6 is 11.8 Å². The van der Waals surface area contributed by atoms with Gasteiger partial charge < -0.3 is 5.32 Å². The molecule has 21 heavy (non-hydrogen) atoms. The lowest BCUT2D eigenvalue weighted by Gasteiger charge is -2.16. The Labute approximate surface area is 125 Å². The summed E-state index contributed by atoms with van der Waals surface area (Å²) < 4.78 is 38.2. The molecular weight excluding hydrogens is 295 g/mol. The topological polar surface area (TPSA) is 12.0 Å². The van der Waals surface area contributed by atoms with Crippen molar-refractivity contribution in [1.82, 2.24) is 0 Å². The molecule has 0 amide bonds. The summed E-state index contributed by atoms with van der Waals surface area (Å²) in [6, 6.07) is 12.1. The highest BCUT2D eigenvalue weighted by Gasteiger charge is 2.24. The fraction of sp³-hybridized carbons (Fsp3) is 0.250. The van der Waals surface area contributed by atoms with Gasteiger partial charge in [-0.25, -0.2) is 4.39 Å². The molecule has 1 nitrogen and oxygen atoms in total. The van der Waals surface area contributed by atoms with E-state index in [1.165, 1.54) is 6.07 Å². The molecule has 0 spiro atoms. The molecule has 2 aromatic carbocycles. The molecule has 0 radical (unpaired) electrons. The highest BCUT2D eigenvalue weighted by atomic mass is 32.2. The molecule has 0 fully saturated rings. The van der Waals surface area contributed by atoms with E-state index in [4.69, 9.17) is 0 Å². The molecule has 0 aliphatic heterocycles. The highest BCUT2D eigenvalue weighted by molar-refractivity contribution is 7.99. The molecule has 1 N–H and O–H groups in total. The summed E-state index contributed by atoms with van der Waals surface area (Å²) in [6.07, 6.45) is 1.56. The third-order valence-electron chi connectivity index (χ3n) is 3.63. The van der Waals surface area contributed by atoms with E-state index < -0.39 is 5.76 Å².